The predicted octanol–water partition coefficient (Wildman–Crippen LogP) is 3.00. The Labute approximate surface area is 201 Å². The van der Waals surface area contributed by atoms with Gasteiger partial charge in [0.05, 0.1) is 29.8 Å². The highest BCUT2D eigenvalue weighted by molar-refractivity contribution is 14.1. The van der Waals surface area contributed by atoms with Crippen LogP contribution in [-0.2, 0) is 20.8 Å². The molecule has 1 aliphatic heterocycles. The second-order valence-corrected chi connectivity index (χ2v) is 9.02. The van der Waals surface area contributed by atoms with Crippen molar-refractivity contribution in [2.45, 2.75) is 44.4 Å². The van der Waals surface area contributed by atoms with Crippen molar-refractivity contribution in [3.63, 3.8) is 0 Å². The number of halogens is 1. The lowest BCUT2D eigenvalue weighted by atomic mass is 9.90. The molecule has 0 unspecified atom stereocenters. The molecule has 1 saturated heterocycles. The molecule has 1 aliphatic rings. The van der Waals surface area contributed by atoms with E-state index in [2.05, 4.69) is 4.98 Å². The van der Waals surface area contributed by atoms with Gasteiger partial charge in [-0.15, -0.1) is 0 Å². The van der Waals surface area contributed by atoms with Gasteiger partial charge in [0.25, 0.3) is 5.56 Å². The zero-order chi connectivity index (χ0) is 22.7. The summed E-state index contributed by atoms with van der Waals surface area (Å²) in [5, 5.41) is 0.598. The van der Waals surface area contributed by atoms with Crippen molar-refractivity contribution in [3.8, 4) is 0 Å². The summed E-state index contributed by atoms with van der Waals surface area (Å²) in [6.07, 6.45) is 3.35. The van der Waals surface area contributed by atoms with Crippen molar-refractivity contribution in [2.75, 3.05) is 13.1 Å². The van der Waals surface area contributed by atoms with Gasteiger partial charge >= 0.3 is 0 Å². The molecule has 0 spiro atoms. The minimum atomic E-state index is -0.568. The van der Waals surface area contributed by atoms with Crippen molar-refractivity contribution < 1.29 is 7.86 Å². The van der Waals surface area contributed by atoms with E-state index in [1.807, 2.05) is 83.4 Å². The van der Waals surface area contributed by atoms with E-state index in [0.29, 0.717) is 49.8 Å². The van der Waals surface area contributed by atoms with E-state index in [9.17, 15) is 9.59 Å². The molecule has 32 heavy (non-hydrogen) atoms. The normalized spacial score (nSPS) is 16.8. The van der Waals surface area contributed by atoms with E-state index in [1.54, 1.807) is 10.9 Å². The first kappa shape index (κ1) is 22.9. The van der Waals surface area contributed by atoms with Gasteiger partial charge in [-0.25, -0.2) is 4.98 Å². The standard InChI is InChI=1S/C24H27IN4O3/c1-17-7-8-19-21(13-17)27-16-29(22(19)30)15-24(32-25)9-11-28(12-10-24)23(31)20(26)14-18-5-3-2-4-6-18/h2-8,13,16,20H,9-12,14-15,26H2,1H3/t20-/m0/s1. The zero-order valence-corrected chi connectivity index (χ0v) is 20.2. The average Bonchev–Trinajstić information content (AvgIpc) is 2.81. The third-order valence-corrected chi connectivity index (χ3v) is 7.14. The highest BCUT2D eigenvalue weighted by Crippen LogP contribution is 2.30. The fourth-order valence-corrected chi connectivity index (χ4v) is 4.86. The number of carbonyl (C=O) groups excluding carboxylic acids is 1. The molecule has 8 heteroatoms. The summed E-state index contributed by atoms with van der Waals surface area (Å²) >= 11 is 1.91. The lowest BCUT2D eigenvalue weighted by Gasteiger charge is -2.40. The van der Waals surface area contributed by atoms with Crippen molar-refractivity contribution in [1.29, 1.82) is 0 Å². The number of nitrogens with zero attached hydrogens (tertiary/aromatic N) is 3. The Hall–Kier alpha value is -2.30. The Morgan fingerprint density at radius 1 is 1.22 bits per heavy atom. The number of amides is 1. The Morgan fingerprint density at radius 3 is 2.62 bits per heavy atom. The summed E-state index contributed by atoms with van der Waals surface area (Å²) in [4.78, 5) is 32.1. The third-order valence-electron chi connectivity index (χ3n) is 6.20. The minimum Gasteiger partial charge on any atom is -0.341 e. The molecule has 0 bridgehead atoms. The second-order valence-electron chi connectivity index (χ2n) is 8.58. The predicted molar refractivity (Wildman–Crippen MR) is 133 cm³/mol. The van der Waals surface area contributed by atoms with Gasteiger partial charge < -0.3 is 13.7 Å². The van der Waals surface area contributed by atoms with Crippen LogP contribution >= 0.6 is 23.0 Å². The first-order valence-corrected chi connectivity index (χ1v) is 11.6. The molecule has 0 saturated carbocycles. The molecule has 0 aliphatic carbocycles. The summed E-state index contributed by atoms with van der Waals surface area (Å²) in [6, 6.07) is 14.9. The molecule has 2 heterocycles. The molecule has 2 aromatic carbocycles. The van der Waals surface area contributed by atoms with E-state index in [-0.39, 0.29) is 11.5 Å². The molecule has 7 nitrogen and oxygen atoms in total. The van der Waals surface area contributed by atoms with Crippen LogP contribution in [0.3, 0.4) is 0 Å². The summed E-state index contributed by atoms with van der Waals surface area (Å²) in [7, 11) is 0. The van der Waals surface area contributed by atoms with E-state index in [1.165, 1.54) is 0 Å². The first-order valence-electron chi connectivity index (χ1n) is 10.7. The van der Waals surface area contributed by atoms with Crippen LogP contribution < -0.4 is 11.3 Å². The summed E-state index contributed by atoms with van der Waals surface area (Å²) in [6.45, 7) is 3.45. The smallest absolute Gasteiger partial charge is 0.261 e. The monoisotopic (exact) mass is 546 g/mol. The maximum atomic E-state index is 13.0. The molecular formula is C24H27IN4O3. The van der Waals surface area contributed by atoms with Crippen LogP contribution in [0.5, 0.6) is 0 Å². The van der Waals surface area contributed by atoms with Crippen molar-refractivity contribution >= 4 is 39.8 Å². The van der Waals surface area contributed by atoms with Crippen LogP contribution in [0.1, 0.15) is 24.0 Å². The third kappa shape index (κ3) is 4.87. The number of aromatic nitrogens is 2. The Bertz CT molecular complexity index is 1160. The molecule has 2 N–H and O–H groups in total. The fraction of sp³-hybridized carbons (Fsp3) is 0.375. The van der Waals surface area contributed by atoms with Gasteiger partial charge in [-0.3, -0.25) is 14.2 Å². The Kier molecular flexibility index (Phi) is 6.92. The number of nitrogens with two attached hydrogens (primary N) is 1. The van der Waals surface area contributed by atoms with Gasteiger partial charge in [0, 0.05) is 13.1 Å². The van der Waals surface area contributed by atoms with E-state index in [0.717, 1.165) is 11.1 Å². The molecular weight excluding hydrogens is 519 g/mol. The minimum absolute atomic E-state index is 0.0455. The number of fused-ring (bicyclic) bond motifs is 1. The van der Waals surface area contributed by atoms with E-state index < -0.39 is 11.6 Å². The summed E-state index contributed by atoms with van der Waals surface area (Å²) in [5.74, 6) is -0.0455. The quantitative estimate of drug-likeness (QED) is 0.481. The number of hydrogen-bond acceptors (Lipinski definition) is 5. The van der Waals surface area contributed by atoms with Crippen molar-refractivity contribution in [1.82, 2.24) is 14.5 Å². The average molecular weight is 546 g/mol. The fourth-order valence-electron chi connectivity index (χ4n) is 4.28. The Morgan fingerprint density at radius 2 is 1.94 bits per heavy atom. The van der Waals surface area contributed by atoms with Gasteiger partial charge in [-0.05, 0) is 49.4 Å². The maximum Gasteiger partial charge on any atom is 0.261 e. The number of rotatable bonds is 6. The van der Waals surface area contributed by atoms with Crippen LogP contribution in [0.15, 0.2) is 59.7 Å². The molecule has 168 valence electrons. The van der Waals surface area contributed by atoms with E-state index in [4.69, 9.17) is 8.80 Å². The van der Waals surface area contributed by atoms with Gasteiger partial charge in [0.15, 0.2) is 0 Å². The number of likely N-dealkylation sites (tertiary alicyclic amines) is 1. The first-order chi connectivity index (χ1) is 15.4. The van der Waals surface area contributed by atoms with Gasteiger partial charge in [0.1, 0.15) is 28.6 Å². The van der Waals surface area contributed by atoms with E-state index >= 15 is 0 Å². The maximum absolute atomic E-state index is 13.0. The van der Waals surface area contributed by atoms with Crippen LogP contribution in [0.2, 0.25) is 0 Å². The zero-order valence-electron chi connectivity index (χ0n) is 18.0. The number of hydrogen-bond donors (Lipinski definition) is 1. The lowest BCUT2D eigenvalue weighted by molar-refractivity contribution is -0.135. The molecule has 1 amide bonds. The molecule has 1 atom stereocenters. The van der Waals surface area contributed by atoms with Crippen molar-refractivity contribution in [2.24, 2.45) is 5.73 Å². The van der Waals surface area contributed by atoms with Crippen LogP contribution in [-0.4, -0.2) is 45.1 Å². The largest absolute Gasteiger partial charge is 0.341 e. The number of aryl methyl sites for hydroxylation is 1. The number of piperidine rings is 1. The SMILES string of the molecule is Cc1ccc2c(=O)n(CC3(OI)CCN(C(=O)[C@@H](N)Cc4ccccc4)CC3)cnc2c1. The van der Waals surface area contributed by atoms with Crippen molar-refractivity contribution in [3.05, 3.63) is 76.3 Å². The van der Waals surface area contributed by atoms with Crippen LogP contribution in [0.25, 0.3) is 10.9 Å². The summed E-state index contributed by atoms with van der Waals surface area (Å²) in [5.41, 5.74) is 8.41. The van der Waals surface area contributed by atoms with Crippen LogP contribution in [0, 0.1) is 6.92 Å². The van der Waals surface area contributed by atoms with Gasteiger partial charge in [0.2, 0.25) is 5.91 Å². The number of carbonyl (C=O) groups is 1. The molecule has 1 fully saturated rings. The Balaban J connectivity index is 1.43. The highest BCUT2D eigenvalue weighted by atomic mass is 127. The molecule has 1 aromatic heterocycles. The van der Waals surface area contributed by atoms with Gasteiger partial charge in [-0.2, -0.15) is 0 Å². The number of benzene rings is 2. The topological polar surface area (TPSA) is 90.5 Å². The summed E-state index contributed by atoms with van der Waals surface area (Å²) < 4.78 is 7.49. The molecule has 0 radical (unpaired) electrons. The highest BCUT2D eigenvalue weighted by Gasteiger charge is 2.38. The van der Waals surface area contributed by atoms with Crippen LogP contribution in [0.4, 0.5) is 0 Å². The molecule has 3 aromatic rings. The second kappa shape index (κ2) is 9.68. The molecule has 4 rings (SSSR count). The van der Waals surface area contributed by atoms with Gasteiger partial charge in [-0.1, -0.05) is 36.4 Å². The lowest BCUT2D eigenvalue weighted by Crippen LogP contribution is -2.53.